The van der Waals surface area contributed by atoms with Gasteiger partial charge >= 0.3 is 0 Å². The molecule has 8 heteroatoms. The summed E-state index contributed by atoms with van der Waals surface area (Å²) in [5.74, 6) is 0.449. The Bertz CT molecular complexity index is 317. The smallest absolute Gasteiger partial charge is 0.231 e. The van der Waals surface area contributed by atoms with Gasteiger partial charge in [0.05, 0.1) is 0 Å². The Kier molecular flexibility index (Phi) is 18.7. The van der Waals surface area contributed by atoms with Crippen LogP contribution in [0.1, 0.15) is 51.4 Å². The highest BCUT2D eigenvalue weighted by atomic mass is 16.2. The third-order valence-corrected chi connectivity index (χ3v) is 2.81. The van der Waals surface area contributed by atoms with E-state index < -0.39 is 0 Å². The summed E-state index contributed by atoms with van der Waals surface area (Å²) in [7, 11) is 0. The quantitative estimate of drug-likeness (QED) is 0.393. The first-order valence-corrected chi connectivity index (χ1v) is 7.23. The number of amides is 2. The van der Waals surface area contributed by atoms with Crippen molar-refractivity contribution < 1.29 is 19.2 Å². The molecule has 0 saturated carbocycles. The van der Waals surface area contributed by atoms with Gasteiger partial charge in [-0.15, -0.1) is 0 Å². The molecule has 8 nitrogen and oxygen atoms in total. The number of carbonyl (C=O) groups excluding carboxylic acids is 4. The Balaban J connectivity index is 0. The second kappa shape index (κ2) is 18.7. The lowest BCUT2D eigenvalue weighted by Gasteiger charge is -1.93. The van der Waals surface area contributed by atoms with Crippen molar-refractivity contribution in [2.24, 2.45) is 0 Å². The lowest BCUT2D eigenvalue weighted by Crippen LogP contribution is -2.21. The molecule has 0 spiro atoms. The van der Waals surface area contributed by atoms with E-state index in [-0.39, 0.29) is 11.8 Å². The zero-order valence-electron chi connectivity index (χ0n) is 12.7. The first kappa shape index (κ1) is 22.0. The van der Waals surface area contributed by atoms with Gasteiger partial charge in [-0.2, -0.15) is 0 Å². The molecular formula is C14H24N4O4. The molecule has 2 aliphatic heterocycles. The second-order valence-electron chi connectivity index (χ2n) is 4.53. The van der Waals surface area contributed by atoms with Gasteiger partial charge in [0.1, 0.15) is 0 Å². The normalized spacial score (nSPS) is 16.5. The molecule has 2 fully saturated rings. The van der Waals surface area contributed by atoms with Crippen LogP contribution >= 0.6 is 0 Å². The van der Waals surface area contributed by atoms with Crippen LogP contribution in [0.3, 0.4) is 0 Å². The Morgan fingerprint density at radius 1 is 0.682 bits per heavy atom. The number of isocyanates is 2. The minimum Gasteiger partial charge on any atom is -0.356 e. The molecule has 2 heterocycles. The molecule has 0 aromatic heterocycles. The lowest BCUT2D eigenvalue weighted by molar-refractivity contribution is -0.121. The summed E-state index contributed by atoms with van der Waals surface area (Å²) in [6.45, 7) is 1.78. The molecule has 124 valence electrons. The summed E-state index contributed by atoms with van der Waals surface area (Å²) >= 11 is 0. The molecule has 0 aromatic carbocycles. The SMILES string of the molecule is N=C=O.N=C=O.O=C1CCCCCN1.O=C1CCCCCN1. The van der Waals surface area contributed by atoms with Gasteiger partial charge in [0.25, 0.3) is 0 Å². The summed E-state index contributed by atoms with van der Waals surface area (Å²) in [6.07, 6.45) is 9.85. The van der Waals surface area contributed by atoms with E-state index in [1.165, 1.54) is 12.8 Å². The van der Waals surface area contributed by atoms with Gasteiger partial charge in [0.15, 0.2) is 0 Å². The molecule has 22 heavy (non-hydrogen) atoms. The van der Waals surface area contributed by atoms with Gasteiger partial charge in [-0.25, -0.2) is 20.4 Å². The summed E-state index contributed by atoms with van der Waals surface area (Å²) < 4.78 is 0. The molecule has 0 unspecified atom stereocenters. The number of nitrogens with one attached hydrogen (secondary N) is 4. The van der Waals surface area contributed by atoms with E-state index in [1.807, 2.05) is 0 Å². The molecule has 4 N–H and O–H groups in total. The third-order valence-electron chi connectivity index (χ3n) is 2.81. The number of hydrogen-bond acceptors (Lipinski definition) is 6. The van der Waals surface area contributed by atoms with Crippen LogP contribution in [0.5, 0.6) is 0 Å². The lowest BCUT2D eigenvalue weighted by atomic mass is 10.2. The maximum atomic E-state index is 10.6. The highest BCUT2D eigenvalue weighted by molar-refractivity contribution is 5.76. The molecule has 2 aliphatic rings. The topological polar surface area (TPSA) is 140 Å². The van der Waals surface area contributed by atoms with Crippen LogP contribution in [0.15, 0.2) is 0 Å². The van der Waals surface area contributed by atoms with Crippen molar-refractivity contribution >= 4 is 24.0 Å². The highest BCUT2D eigenvalue weighted by Crippen LogP contribution is 2.02. The van der Waals surface area contributed by atoms with Crippen molar-refractivity contribution in [3.05, 3.63) is 0 Å². The molecule has 0 bridgehead atoms. The minimum absolute atomic E-state index is 0.225. The van der Waals surface area contributed by atoms with Crippen molar-refractivity contribution in [1.82, 2.24) is 10.6 Å². The van der Waals surface area contributed by atoms with Crippen molar-refractivity contribution in [2.75, 3.05) is 13.1 Å². The van der Waals surface area contributed by atoms with Crippen LogP contribution in [0.2, 0.25) is 0 Å². The first-order valence-electron chi connectivity index (χ1n) is 7.23. The van der Waals surface area contributed by atoms with Crippen LogP contribution < -0.4 is 10.6 Å². The van der Waals surface area contributed by atoms with E-state index in [1.54, 1.807) is 0 Å². The largest absolute Gasteiger partial charge is 0.356 e. The van der Waals surface area contributed by atoms with Crippen molar-refractivity contribution in [3.63, 3.8) is 0 Å². The predicted octanol–water partition coefficient (Wildman–Crippen LogP) is 1.16. The van der Waals surface area contributed by atoms with Crippen LogP contribution in [0.25, 0.3) is 0 Å². The van der Waals surface area contributed by atoms with E-state index in [4.69, 9.17) is 20.4 Å². The number of rotatable bonds is 0. The minimum atomic E-state index is 0.225. The van der Waals surface area contributed by atoms with Crippen LogP contribution in [0, 0.1) is 10.8 Å². The first-order chi connectivity index (χ1) is 10.6. The van der Waals surface area contributed by atoms with E-state index in [0.29, 0.717) is 0 Å². The third kappa shape index (κ3) is 20.0. The fraction of sp³-hybridized carbons (Fsp3) is 0.714. The average Bonchev–Trinajstić information content (AvgIpc) is 2.86. The van der Waals surface area contributed by atoms with Gasteiger partial charge < -0.3 is 10.6 Å². The highest BCUT2D eigenvalue weighted by Gasteiger charge is 2.04. The maximum Gasteiger partial charge on any atom is 0.231 e. The number of hydrogen-bond donors (Lipinski definition) is 4. The molecule has 0 radical (unpaired) electrons. The monoisotopic (exact) mass is 312 g/mol. The Morgan fingerprint density at radius 3 is 1.32 bits per heavy atom. The Hall–Kier alpha value is -2.30. The summed E-state index contributed by atoms with van der Waals surface area (Å²) in [4.78, 5) is 37.8. The molecule has 0 atom stereocenters. The summed E-state index contributed by atoms with van der Waals surface area (Å²) in [5.41, 5.74) is 0. The molecule has 0 aromatic rings. The Labute approximate surface area is 130 Å². The molecule has 2 amide bonds. The van der Waals surface area contributed by atoms with Crippen molar-refractivity contribution in [3.8, 4) is 0 Å². The van der Waals surface area contributed by atoms with Gasteiger partial charge in [0, 0.05) is 25.9 Å². The van der Waals surface area contributed by atoms with Crippen molar-refractivity contribution in [1.29, 1.82) is 10.8 Å². The van der Waals surface area contributed by atoms with E-state index >= 15 is 0 Å². The fourth-order valence-corrected chi connectivity index (χ4v) is 1.81. The second-order valence-corrected chi connectivity index (χ2v) is 4.53. The van der Waals surface area contributed by atoms with Crippen molar-refractivity contribution in [2.45, 2.75) is 51.4 Å². The van der Waals surface area contributed by atoms with Gasteiger partial charge in [-0.05, 0) is 25.7 Å². The maximum absolute atomic E-state index is 10.6. The number of carbonyl (C=O) groups is 2. The average molecular weight is 312 g/mol. The molecular weight excluding hydrogens is 288 g/mol. The predicted molar refractivity (Wildman–Crippen MR) is 79.8 cm³/mol. The molecule has 0 aliphatic carbocycles. The van der Waals surface area contributed by atoms with Gasteiger partial charge in [-0.3, -0.25) is 9.59 Å². The summed E-state index contributed by atoms with van der Waals surface area (Å²) in [6, 6.07) is 0. The Morgan fingerprint density at radius 2 is 1.00 bits per heavy atom. The van der Waals surface area contributed by atoms with E-state index in [2.05, 4.69) is 10.6 Å². The van der Waals surface area contributed by atoms with Crippen LogP contribution in [0.4, 0.5) is 0 Å². The van der Waals surface area contributed by atoms with Gasteiger partial charge in [-0.1, -0.05) is 12.8 Å². The summed E-state index contributed by atoms with van der Waals surface area (Å²) in [5, 5.41) is 16.4. The molecule has 2 rings (SSSR count). The fourth-order valence-electron chi connectivity index (χ4n) is 1.81. The van der Waals surface area contributed by atoms with Crippen LogP contribution in [-0.4, -0.2) is 37.1 Å². The zero-order valence-corrected chi connectivity index (χ0v) is 12.7. The standard InChI is InChI=1S/2C6H11NO.2CHNO/c2*8-6-4-2-1-3-5-7-6;2*2-1-3/h2*1-5H2,(H,7,8);2*2H. The van der Waals surface area contributed by atoms with E-state index in [9.17, 15) is 9.59 Å². The van der Waals surface area contributed by atoms with Gasteiger partial charge in [0.2, 0.25) is 24.0 Å². The van der Waals surface area contributed by atoms with Crippen LogP contribution in [-0.2, 0) is 19.2 Å². The van der Waals surface area contributed by atoms with E-state index in [0.717, 1.165) is 63.8 Å². The molecule has 2 saturated heterocycles. The zero-order chi connectivity index (χ0) is 17.1.